The summed E-state index contributed by atoms with van der Waals surface area (Å²) in [6.45, 7) is 12.3. The van der Waals surface area contributed by atoms with Crippen molar-refractivity contribution in [2.24, 2.45) is 0 Å². The van der Waals surface area contributed by atoms with Gasteiger partial charge in [0.2, 0.25) is 5.69 Å². The molecule has 258 valence electrons. The van der Waals surface area contributed by atoms with Crippen molar-refractivity contribution in [1.29, 1.82) is 0 Å². The quantitative estimate of drug-likeness (QED) is 0.0609. The summed E-state index contributed by atoms with van der Waals surface area (Å²) < 4.78 is 13.9. The van der Waals surface area contributed by atoms with Gasteiger partial charge >= 0.3 is 0 Å². The van der Waals surface area contributed by atoms with E-state index < -0.39 is 5.91 Å². The molecule has 0 saturated heterocycles. The van der Waals surface area contributed by atoms with E-state index in [9.17, 15) is 9.59 Å². The van der Waals surface area contributed by atoms with Crippen LogP contribution in [0.2, 0.25) is 0 Å². The molecular weight excluding hydrogens is 699 g/mol. The number of carbonyl (C=O) groups excluding carboxylic acids is 2. The fraction of sp³-hybridized carbons (Fsp3) is 0.525. The van der Waals surface area contributed by atoms with Crippen LogP contribution in [0.3, 0.4) is 0 Å². The van der Waals surface area contributed by atoms with Gasteiger partial charge < -0.3 is 33.5 Å². The van der Waals surface area contributed by atoms with Gasteiger partial charge in [-0.3, -0.25) is 14.5 Å². The highest BCUT2D eigenvalue weighted by molar-refractivity contribution is 6.11. The average Bonchev–Trinajstić information content (AvgIpc) is 3.06. The standard InChI is InChI=1S/C40H57N2O4.HI/c1-7-9-10-11-12-13-14-15-16-21-29-46-37-26-25-32(30-35(37)40(3,4)5)38(43)42(31-33-22-19-20-28-41(33)27-8-2)39(44)34-23-17-18-24-36(34)45-6;/h17-20,22-26,28,30H,7-16,21,27,29,31H2,1-6H3;1H/q+1;/p-1. The number of nitrogens with zero attached hydrogens (tertiary/aromatic N) is 2. The molecule has 0 atom stereocenters. The molecule has 0 fully saturated rings. The van der Waals surface area contributed by atoms with Gasteiger partial charge in [-0.2, -0.15) is 0 Å². The molecule has 6 nitrogen and oxygen atoms in total. The Kier molecular flexibility index (Phi) is 18.1. The summed E-state index contributed by atoms with van der Waals surface area (Å²) in [5, 5.41) is 0. The highest BCUT2D eigenvalue weighted by atomic mass is 127. The third-order valence-electron chi connectivity index (χ3n) is 8.44. The lowest BCUT2D eigenvalue weighted by Crippen LogP contribution is -3.00. The first kappa shape index (κ1) is 40.2. The average molecular weight is 757 g/mol. The van der Waals surface area contributed by atoms with Gasteiger partial charge in [0.25, 0.3) is 11.8 Å². The van der Waals surface area contributed by atoms with Crippen LogP contribution < -0.4 is 38.0 Å². The molecule has 1 heterocycles. The van der Waals surface area contributed by atoms with Crippen molar-refractivity contribution < 1.29 is 47.6 Å². The van der Waals surface area contributed by atoms with Gasteiger partial charge in [-0.1, -0.05) is 111 Å². The van der Waals surface area contributed by atoms with Crippen molar-refractivity contribution in [3.63, 3.8) is 0 Å². The molecule has 0 aliphatic carbocycles. The monoisotopic (exact) mass is 756 g/mol. The van der Waals surface area contributed by atoms with Crippen molar-refractivity contribution in [3.8, 4) is 11.5 Å². The summed E-state index contributed by atoms with van der Waals surface area (Å²) >= 11 is 0. The second kappa shape index (κ2) is 21.1. The predicted molar refractivity (Wildman–Crippen MR) is 187 cm³/mol. The van der Waals surface area contributed by atoms with Gasteiger partial charge in [0, 0.05) is 29.7 Å². The van der Waals surface area contributed by atoms with Gasteiger partial charge in [0.05, 0.1) is 19.3 Å². The fourth-order valence-electron chi connectivity index (χ4n) is 5.78. The molecule has 0 N–H and O–H groups in total. The first-order valence-corrected chi connectivity index (χ1v) is 17.4. The maximum absolute atomic E-state index is 14.3. The summed E-state index contributed by atoms with van der Waals surface area (Å²) in [4.78, 5) is 29.7. The predicted octanol–water partition coefficient (Wildman–Crippen LogP) is 6.48. The molecule has 0 unspecified atom stereocenters. The summed E-state index contributed by atoms with van der Waals surface area (Å²) in [5.74, 6) is 0.486. The Morgan fingerprint density at radius 3 is 2.02 bits per heavy atom. The number of halogens is 1. The van der Waals surface area contributed by atoms with Crippen LogP contribution in [0.25, 0.3) is 0 Å². The number of hydrogen-bond acceptors (Lipinski definition) is 4. The van der Waals surface area contributed by atoms with Crippen molar-refractivity contribution in [1.82, 2.24) is 4.90 Å². The van der Waals surface area contributed by atoms with Crippen LogP contribution >= 0.6 is 0 Å². The molecule has 0 spiro atoms. The molecule has 47 heavy (non-hydrogen) atoms. The molecule has 3 rings (SSSR count). The summed E-state index contributed by atoms with van der Waals surface area (Å²) in [7, 11) is 1.54. The number of amides is 2. The number of ether oxygens (including phenoxy) is 2. The minimum atomic E-state index is -0.395. The molecule has 0 radical (unpaired) electrons. The molecule has 2 amide bonds. The van der Waals surface area contributed by atoms with E-state index in [4.69, 9.17) is 9.47 Å². The molecule has 1 aromatic heterocycles. The third kappa shape index (κ3) is 12.5. The van der Waals surface area contributed by atoms with E-state index in [1.165, 1.54) is 63.4 Å². The molecule has 2 aromatic carbocycles. The maximum atomic E-state index is 14.3. The van der Waals surface area contributed by atoms with E-state index in [0.717, 1.165) is 42.8 Å². The molecule has 0 aliphatic heterocycles. The zero-order valence-electron chi connectivity index (χ0n) is 29.7. The molecule has 0 bridgehead atoms. The second-order valence-electron chi connectivity index (χ2n) is 13.3. The van der Waals surface area contributed by atoms with Crippen molar-refractivity contribution in [2.75, 3.05) is 13.7 Å². The first-order valence-electron chi connectivity index (χ1n) is 17.4. The van der Waals surface area contributed by atoms with Crippen LogP contribution in [0.5, 0.6) is 11.5 Å². The van der Waals surface area contributed by atoms with E-state index in [2.05, 4.69) is 39.2 Å². The minimum absolute atomic E-state index is 0. The number of para-hydroxylation sites is 1. The van der Waals surface area contributed by atoms with E-state index in [-0.39, 0.29) is 41.8 Å². The normalized spacial score (nSPS) is 11.1. The number of aryl methyl sites for hydroxylation is 1. The number of rotatable bonds is 19. The molecule has 0 aliphatic rings. The van der Waals surface area contributed by atoms with Crippen LogP contribution in [0.1, 0.15) is 137 Å². The number of benzene rings is 2. The van der Waals surface area contributed by atoms with E-state index in [1.807, 2.05) is 42.6 Å². The smallest absolute Gasteiger partial charge is 0.265 e. The van der Waals surface area contributed by atoms with Gasteiger partial charge in [0.1, 0.15) is 24.6 Å². The van der Waals surface area contributed by atoms with Crippen LogP contribution in [-0.2, 0) is 18.5 Å². The van der Waals surface area contributed by atoms with Crippen LogP contribution in [0, 0.1) is 0 Å². The Hall–Kier alpha value is -2.94. The summed E-state index contributed by atoms with van der Waals surface area (Å²) in [6, 6.07) is 18.5. The molecular formula is C40H57IN2O4. The number of pyridine rings is 1. The largest absolute Gasteiger partial charge is 1.00 e. The zero-order valence-corrected chi connectivity index (χ0v) is 31.8. The van der Waals surface area contributed by atoms with Gasteiger partial charge in [0.15, 0.2) is 6.20 Å². The van der Waals surface area contributed by atoms with Crippen molar-refractivity contribution >= 4 is 11.8 Å². The topological polar surface area (TPSA) is 59.7 Å². The lowest BCUT2D eigenvalue weighted by atomic mass is 9.85. The van der Waals surface area contributed by atoms with Crippen LogP contribution in [0.15, 0.2) is 66.9 Å². The number of imide groups is 1. The van der Waals surface area contributed by atoms with Crippen LogP contribution in [0.4, 0.5) is 0 Å². The Bertz CT molecular complexity index is 1380. The van der Waals surface area contributed by atoms with Gasteiger partial charge in [-0.25, -0.2) is 4.57 Å². The second-order valence-corrected chi connectivity index (χ2v) is 13.3. The molecule has 7 heteroatoms. The van der Waals surface area contributed by atoms with Crippen LogP contribution in [-0.4, -0.2) is 30.4 Å². The number of carbonyl (C=O) groups is 2. The van der Waals surface area contributed by atoms with E-state index in [0.29, 0.717) is 23.5 Å². The summed E-state index contributed by atoms with van der Waals surface area (Å²) in [5.41, 5.74) is 2.38. The van der Waals surface area contributed by atoms with Crippen molar-refractivity contribution in [3.05, 3.63) is 89.2 Å². The fourth-order valence-corrected chi connectivity index (χ4v) is 5.78. The first-order chi connectivity index (χ1) is 22.2. The lowest BCUT2D eigenvalue weighted by molar-refractivity contribution is -0.704. The minimum Gasteiger partial charge on any atom is -1.00 e. The molecule has 0 saturated carbocycles. The van der Waals surface area contributed by atoms with Gasteiger partial charge in [-0.15, -0.1) is 0 Å². The maximum Gasteiger partial charge on any atom is 0.265 e. The Morgan fingerprint density at radius 1 is 0.745 bits per heavy atom. The number of aromatic nitrogens is 1. The van der Waals surface area contributed by atoms with E-state index >= 15 is 0 Å². The number of methoxy groups -OCH3 is 1. The van der Waals surface area contributed by atoms with Crippen molar-refractivity contribution in [2.45, 2.75) is 124 Å². The summed E-state index contributed by atoms with van der Waals surface area (Å²) in [6.07, 6.45) is 15.7. The third-order valence-corrected chi connectivity index (χ3v) is 8.44. The Balaban J connectivity index is 0.00000768. The lowest BCUT2D eigenvalue weighted by Gasteiger charge is -2.25. The number of hydrogen-bond donors (Lipinski definition) is 0. The zero-order chi connectivity index (χ0) is 33.4. The highest BCUT2D eigenvalue weighted by Crippen LogP contribution is 2.33. The number of unbranched alkanes of at least 4 members (excludes halogenated alkanes) is 9. The Labute approximate surface area is 301 Å². The SMILES string of the molecule is CCCCCCCCCCCCOc1ccc(C(=O)N(Cc2cccc[n+]2CCC)C(=O)c2ccccc2OC)cc1C(C)(C)C.[I-]. The Morgan fingerprint density at radius 2 is 1.38 bits per heavy atom. The van der Waals surface area contributed by atoms with E-state index in [1.54, 1.807) is 24.3 Å². The van der Waals surface area contributed by atoms with Gasteiger partial charge in [-0.05, 0) is 42.2 Å². The molecule has 3 aromatic rings. The highest BCUT2D eigenvalue weighted by Gasteiger charge is 2.30.